The Bertz CT molecular complexity index is 1320. The SMILES string of the molecule is CC[C@@]1(O)C(=O)CCc2c1cc1n(c2=O)Cc2c-1nc1ccccc1c2C[Si](C)(C)O. The number of pyridine rings is 2. The number of hydrogen-bond donors (Lipinski definition) is 2. The van der Waals surface area contributed by atoms with E-state index in [0.29, 0.717) is 41.5 Å². The van der Waals surface area contributed by atoms with E-state index in [2.05, 4.69) is 0 Å². The number of ketones is 1. The maximum Gasteiger partial charge on any atom is 0.254 e. The number of fused-ring (bicyclic) bond motifs is 5. The van der Waals surface area contributed by atoms with E-state index in [1.54, 1.807) is 17.6 Å². The van der Waals surface area contributed by atoms with Crippen molar-refractivity contribution in [3.63, 3.8) is 0 Å². The third-order valence-corrected chi connectivity index (χ3v) is 7.92. The molecule has 31 heavy (non-hydrogen) atoms. The average molecular weight is 435 g/mol. The molecule has 1 aliphatic carbocycles. The molecule has 0 unspecified atom stereocenters. The number of hydrogen-bond acceptors (Lipinski definition) is 5. The number of carbonyl (C=O) groups is 1. The first-order valence-electron chi connectivity index (χ1n) is 10.8. The Balaban J connectivity index is 1.82. The highest BCUT2D eigenvalue weighted by Gasteiger charge is 2.43. The molecule has 0 bridgehead atoms. The fraction of sp³-hybridized carbons (Fsp3) is 0.375. The second-order valence-electron chi connectivity index (χ2n) is 9.37. The third-order valence-electron chi connectivity index (χ3n) is 6.70. The number of benzene rings is 1. The summed E-state index contributed by atoms with van der Waals surface area (Å²) in [6.07, 6.45) is 0.761. The Kier molecular flexibility index (Phi) is 4.38. The van der Waals surface area contributed by atoms with Crippen LogP contribution in [0, 0.1) is 0 Å². The Morgan fingerprint density at radius 3 is 2.61 bits per heavy atom. The lowest BCUT2D eigenvalue weighted by Gasteiger charge is -2.32. The van der Waals surface area contributed by atoms with Gasteiger partial charge in [0.25, 0.3) is 5.56 Å². The van der Waals surface area contributed by atoms with Crippen molar-refractivity contribution < 1.29 is 14.7 Å². The van der Waals surface area contributed by atoms with Crippen LogP contribution in [0.15, 0.2) is 35.1 Å². The predicted octanol–water partition coefficient (Wildman–Crippen LogP) is 2.82. The minimum atomic E-state index is -2.44. The van der Waals surface area contributed by atoms with Gasteiger partial charge in [0.15, 0.2) is 14.1 Å². The van der Waals surface area contributed by atoms with Crippen LogP contribution in [0.25, 0.3) is 22.3 Å². The Morgan fingerprint density at radius 2 is 1.90 bits per heavy atom. The van der Waals surface area contributed by atoms with Gasteiger partial charge in [-0.1, -0.05) is 25.1 Å². The fourth-order valence-electron chi connectivity index (χ4n) is 5.13. The predicted molar refractivity (Wildman–Crippen MR) is 121 cm³/mol. The number of Topliss-reactive ketones (excluding diaryl/α,β-unsaturated/α-hetero) is 1. The molecule has 2 aromatic heterocycles. The molecule has 1 aliphatic heterocycles. The molecule has 2 aliphatic rings. The van der Waals surface area contributed by atoms with Crippen molar-refractivity contribution in [2.75, 3.05) is 0 Å². The smallest absolute Gasteiger partial charge is 0.254 e. The first-order valence-corrected chi connectivity index (χ1v) is 14.0. The fourth-order valence-corrected chi connectivity index (χ4v) is 6.40. The van der Waals surface area contributed by atoms with Gasteiger partial charge in [0.05, 0.1) is 23.4 Å². The number of carbonyl (C=O) groups excluding carboxylic acids is 1. The van der Waals surface area contributed by atoms with Gasteiger partial charge in [-0.15, -0.1) is 0 Å². The van der Waals surface area contributed by atoms with Crippen LogP contribution < -0.4 is 5.56 Å². The molecule has 0 amide bonds. The minimum Gasteiger partial charge on any atom is -0.432 e. The molecular formula is C24H26N2O4Si. The van der Waals surface area contributed by atoms with E-state index < -0.39 is 13.9 Å². The first-order chi connectivity index (χ1) is 14.6. The molecule has 6 nitrogen and oxygen atoms in total. The van der Waals surface area contributed by atoms with E-state index in [4.69, 9.17) is 4.98 Å². The summed E-state index contributed by atoms with van der Waals surface area (Å²) >= 11 is 0. The highest BCUT2D eigenvalue weighted by atomic mass is 28.4. The van der Waals surface area contributed by atoms with E-state index in [-0.39, 0.29) is 24.2 Å². The molecule has 7 heteroatoms. The van der Waals surface area contributed by atoms with Gasteiger partial charge >= 0.3 is 0 Å². The lowest BCUT2D eigenvalue weighted by atomic mass is 9.77. The highest BCUT2D eigenvalue weighted by molar-refractivity contribution is 6.69. The van der Waals surface area contributed by atoms with Gasteiger partial charge in [-0.3, -0.25) is 9.59 Å². The standard InChI is InChI=1S/C24H26N2O4Si/c1-4-24(29)18-11-20-22-16(12-26(20)23(28)15(18)9-10-21(24)27)17(13-31(2,3)30)14-7-5-6-8-19(14)25-22/h5-8,11,29-30H,4,9-10,12-13H2,1-3H3/t24-/m0/s1. The van der Waals surface area contributed by atoms with Crippen molar-refractivity contribution in [1.82, 2.24) is 9.55 Å². The van der Waals surface area contributed by atoms with Crippen LogP contribution in [-0.2, 0) is 29.4 Å². The van der Waals surface area contributed by atoms with Crippen LogP contribution in [0.2, 0.25) is 13.1 Å². The maximum absolute atomic E-state index is 13.4. The minimum absolute atomic E-state index is 0.152. The van der Waals surface area contributed by atoms with Gasteiger partial charge in [-0.2, -0.15) is 0 Å². The van der Waals surface area contributed by atoms with Crippen LogP contribution in [0.1, 0.15) is 42.0 Å². The third kappa shape index (κ3) is 2.95. The lowest BCUT2D eigenvalue weighted by molar-refractivity contribution is -0.140. The van der Waals surface area contributed by atoms with Crippen molar-refractivity contribution in [1.29, 1.82) is 0 Å². The van der Waals surface area contributed by atoms with Crippen LogP contribution in [0.5, 0.6) is 0 Å². The summed E-state index contributed by atoms with van der Waals surface area (Å²) in [6, 6.07) is 10.2. The van der Waals surface area contributed by atoms with Crippen molar-refractivity contribution in [3.8, 4) is 11.4 Å². The van der Waals surface area contributed by atoms with Crippen molar-refractivity contribution in [3.05, 3.63) is 62.9 Å². The summed E-state index contributed by atoms with van der Waals surface area (Å²) in [5.74, 6) is -0.231. The second kappa shape index (κ2) is 6.69. The molecule has 160 valence electrons. The summed E-state index contributed by atoms with van der Waals surface area (Å²) in [5, 5.41) is 12.1. The van der Waals surface area contributed by atoms with Gasteiger partial charge in [0, 0.05) is 28.5 Å². The molecule has 0 fully saturated rings. The summed E-state index contributed by atoms with van der Waals surface area (Å²) in [6.45, 7) is 5.99. The van der Waals surface area contributed by atoms with Crippen molar-refractivity contribution >= 4 is 25.0 Å². The normalized spacial score (nSPS) is 20.0. The average Bonchev–Trinajstić information content (AvgIpc) is 3.09. The van der Waals surface area contributed by atoms with E-state index in [1.807, 2.05) is 37.4 Å². The lowest BCUT2D eigenvalue weighted by Crippen LogP contribution is -2.43. The largest absolute Gasteiger partial charge is 0.432 e. The van der Waals surface area contributed by atoms with E-state index in [1.165, 1.54) is 0 Å². The first kappa shape index (κ1) is 20.3. The summed E-state index contributed by atoms with van der Waals surface area (Å²) in [5.41, 5.74) is 3.36. The Labute approximate surface area is 181 Å². The van der Waals surface area contributed by atoms with E-state index in [0.717, 1.165) is 22.0 Å². The van der Waals surface area contributed by atoms with Crippen LogP contribution >= 0.6 is 0 Å². The number of nitrogens with zero attached hydrogens (tertiary/aromatic N) is 2. The van der Waals surface area contributed by atoms with Gasteiger partial charge in [0.2, 0.25) is 0 Å². The van der Waals surface area contributed by atoms with E-state index >= 15 is 0 Å². The zero-order valence-corrected chi connectivity index (χ0v) is 19.0. The van der Waals surface area contributed by atoms with Crippen molar-refractivity contribution in [2.45, 2.75) is 57.5 Å². The summed E-state index contributed by atoms with van der Waals surface area (Å²) < 4.78 is 1.72. The zero-order chi connectivity index (χ0) is 22.1. The van der Waals surface area contributed by atoms with Gasteiger partial charge in [0.1, 0.15) is 5.60 Å². The van der Waals surface area contributed by atoms with Crippen LogP contribution in [0.4, 0.5) is 0 Å². The van der Waals surface area contributed by atoms with Gasteiger partial charge < -0.3 is 14.5 Å². The van der Waals surface area contributed by atoms with Crippen molar-refractivity contribution in [2.24, 2.45) is 0 Å². The monoisotopic (exact) mass is 434 g/mol. The molecule has 2 N–H and O–H groups in total. The zero-order valence-electron chi connectivity index (χ0n) is 18.0. The molecule has 1 aromatic carbocycles. The highest BCUT2D eigenvalue weighted by Crippen LogP contribution is 2.41. The molecule has 0 saturated carbocycles. The van der Waals surface area contributed by atoms with Crippen LogP contribution in [0.3, 0.4) is 0 Å². The molecule has 0 radical (unpaired) electrons. The molecule has 3 heterocycles. The molecule has 3 aromatic rings. The van der Waals surface area contributed by atoms with Gasteiger partial charge in [-0.25, -0.2) is 4.98 Å². The van der Waals surface area contributed by atoms with Crippen LogP contribution in [-0.4, -0.2) is 33.6 Å². The molecule has 0 saturated heterocycles. The molecule has 5 rings (SSSR count). The Hall–Kier alpha value is -2.61. The number of rotatable bonds is 3. The second-order valence-corrected chi connectivity index (χ2v) is 13.4. The number of aliphatic hydroxyl groups is 1. The summed E-state index contributed by atoms with van der Waals surface area (Å²) in [4.78, 5) is 41.6. The topological polar surface area (TPSA) is 92.4 Å². The number of aromatic nitrogens is 2. The quantitative estimate of drug-likeness (QED) is 0.484. The molecule has 1 atom stereocenters. The van der Waals surface area contributed by atoms with Gasteiger partial charge in [-0.05, 0) is 49.7 Å². The molecule has 0 spiro atoms. The molecular weight excluding hydrogens is 408 g/mol. The Morgan fingerprint density at radius 1 is 1.16 bits per heavy atom. The summed E-state index contributed by atoms with van der Waals surface area (Å²) in [7, 11) is -2.44. The number of para-hydroxylation sites is 1. The maximum atomic E-state index is 13.4. The van der Waals surface area contributed by atoms with E-state index in [9.17, 15) is 19.5 Å².